The minimum Gasteiger partial charge on any atom is -0.473 e. The second kappa shape index (κ2) is 4.19. The fourth-order valence-electron chi connectivity index (χ4n) is 2.21. The van der Waals surface area contributed by atoms with Crippen LogP contribution in [0.5, 0.6) is 5.88 Å². The Bertz CT molecular complexity index is 545. The van der Waals surface area contributed by atoms with Gasteiger partial charge in [-0.15, -0.1) is 0 Å². The number of ether oxygens (including phenoxy) is 1. The molecule has 6 heteroatoms. The summed E-state index contributed by atoms with van der Waals surface area (Å²) in [6, 6.07) is 1.79. The molecule has 2 aromatic rings. The van der Waals surface area contributed by atoms with Gasteiger partial charge in [-0.1, -0.05) is 0 Å². The number of hydrogen-bond donors (Lipinski definition) is 0. The van der Waals surface area contributed by atoms with Crippen LogP contribution in [0.15, 0.2) is 24.7 Å². The highest BCUT2D eigenvalue weighted by Gasteiger charge is 2.36. The van der Waals surface area contributed by atoms with Gasteiger partial charge < -0.3 is 4.74 Å². The molecular weight excluding hydrogens is 240 g/mol. The monoisotopic (exact) mass is 253 g/mol. The second-order valence-electron chi connectivity index (χ2n) is 4.57. The molecule has 1 aliphatic carbocycles. The van der Waals surface area contributed by atoms with E-state index in [2.05, 4.69) is 10.1 Å². The zero-order chi connectivity index (χ0) is 12.6. The Morgan fingerprint density at radius 3 is 2.83 bits per heavy atom. The van der Waals surface area contributed by atoms with Crippen molar-refractivity contribution in [2.75, 3.05) is 0 Å². The van der Waals surface area contributed by atoms with Gasteiger partial charge in [-0.2, -0.15) is 5.10 Å². The van der Waals surface area contributed by atoms with Crippen LogP contribution in [0.4, 0.5) is 8.78 Å². The Morgan fingerprint density at radius 1 is 1.28 bits per heavy atom. The molecule has 3 rings (SSSR count). The minimum absolute atomic E-state index is 0.111. The van der Waals surface area contributed by atoms with E-state index >= 15 is 0 Å². The molecule has 0 spiro atoms. The van der Waals surface area contributed by atoms with E-state index in [-0.39, 0.29) is 18.9 Å². The van der Waals surface area contributed by atoms with Crippen molar-refractivity contribution in [2.24, 2.45) is 0 Å². The van der Waals surface area contributed by atoms with E-state index in [9.17, 15) is 8.78 Å². The maximum absolute atomic E-state index is 13.0. The summed E-state index contributed by atoms with van der Waals surface area (Å²) < 4.78 is 33.4. The van der Waals surface area contributed by atoms with Crippen molar-refractivity contribution in [2.45, 2.75) is 37.7 Å². The fraction of sp³-hybridized carbons (Fsp3) is 0.500. The van der Waals surface area contributed by atoms with Crippen LogP contribution in [-0.4, -0.2) is 26.6 Å². The van der Waals surface area contributed by atoms with Gasteiger partial charge in [-0.25, -0.2) is 18.3 Å². The molecule has 0 bridgehead atoms. The molecule has 1 fully saturated rings. The first-order valence-corrected chi connectivity index (χ1v) is 5.97. The van der Waals surface area contributed by atoms with Crippen LogP contribution >= 0.6 is 0 Å². The predicted octanol–water partition coefficient (Wildman–Crippen LogP) is 2.69. The molecule has 0 aliphatic heterocycles. The van der Waals surface area contributed by atoms with E-state index in [0.29, 0.717) is 18.7 Å². The molecule has 2 aromatic heterocycles. The van der Waals surface area contributed by atoms with Crippen molar-refractivity contribution in [1.29, 1.82) is 0 Å². The van der Waals surface area contributed by atoms with Gasteiger partial charge in [0.05, 0.1) is 6.20 Å². The van der Waals surface area contributed by atoms with Gasteiger partial charge in [0, 0.05) is 25.2 Å². The zero-order valence-corrected chi connectivity index (χ0v) is 9.72. The predicted molar refractivity (Wildman–Crippen MR) is 60.8 cm³/mol. The van der Waals surface area contributed by atoms with Gasteiger partial charge in [-0.3, -0.25) is 0 Å². The second-order valence-corrected chi connectivity index (χ2v) is 4.57. The molecule has 96 valence electrons. The first-order valence-electron chi connectivity index (χ1n) is 5.97. The molecule has 1 aliphatic rings. The van der Waals surface area contributed by atoms with Crippen LogP contribution in [0.3, 0.4) is 0 Å². The third-order valence-electron chi connectivity index (χ3n) is 3.23. The highest BCUT2D eigenvalue weighted by atomic mass is 19.3. The van der Waals surface area contributed by atoms with E-state index in [1.165, 1.54) is 0 Å². The lowest BCUT2D eigenvalue weighted by atomic mass is 9.94. The molecule has 0 amide bonds. The van der Waals surface area contributed by atoms with E-state index in [0.717, 1.165) is 5.52 Å². The van der Waals surface area contributed by atoms with E-state index < -0.39 is 5.92 Å². The molecule has 0 saturated heterocycles. The molecule has 1 saturated carbocycles. The highest BCUT2D eigenvalue weighted by molar-refractivity contribution is 5.54. The largest absolute Gasteiger partial charge is 0.473 e. The van der Waals surface area contributed by atoms with Crippen LogP contribution in [0, 0.1) is 0 Å². The van der Waals surface area contributed by atoms with Crippen LogP contribution in [-0.2, 0) is 0 Å². The van der Waals surface area contributed by atoms with Crippen molar-refractivity contribution in [1.82, 2.24) is 14.6 Å². The topological polar surface area (TPSA) is 39.4 Å². The summed E-state index contributed by atoms with van der Waals surface area (Å²) in [7, 11) is 0. The van der Waals surface area contributed by atoms with E-state index in [4.69, 9.17) is 4.74 Å². The molecule has 0 N–H and O–H groups in total. The molecule has 0 unspecified atom stereocenters. The van der Waals surface area contributed by atoms with Gasteiger partial charge in [0.2, 0.25) is 11.8 Å². The number of fused-ring (bicyclic) bond motifs is 1. The maximum atomic E-state index is 13.0. The third kappa shape index (κ3) is 2.14. The highest BCUT2D eigenvalue weighted by Crippen LogP contribution is 2.34. The smallest absolute Gasteiger partial charge is 0.248 e. The van der Waals surface area contributed by atoms with E-state index in [1.54, 1.807) is 29.2 Å². The number of hydrogen-bond acceptors (Lipinski definition) is 3. The van der Waals surface area contributed by atoms with Crippen molar-refractivity contribution >= 4 is 5.52 Å². The third-order valence-corrected chi connectivity index (χ3v) is 3.23. The van der Waals surface area contributed by atoms with Crippen LogP contribution in [0.1, 0.15) is 25.7 Å². The molecule has 4 nitrogen and oxygen atoms in total. The summed E-state index contributed by atoms with van der Waals surface area (Å²) in [5.74, 6) is -2.07. The Kier molecular flexibility index (Phi) is 2.65. The molecule has 0 radical (unpaired) electrons. The lowest BCUT2D eigenvalue weighted by Crippen LogP contribution is -2.31. The Hall–Kier alpha value is -1.72. The molecular formula is C12H13F2N3O. The zero-order valence-electron chi connectivity index (χ0n) is 9.72. The number of halogens is 2. The van der Waals surface area contributed by atoms with Gasteiger partial charge in [0.1, 0.15) is 11.6 Å². The Labute approximate surface area is 103 Å². The minimum atomic E-state index is -2.53. The van der Waals surface area contributed by atoms with Crippen LogP contribution in [0.2, 0.25) is 0 Å². The standard InChI is InChI=1S/C12H13F2N3O/c13-12(14)4-1-9(2-5-12)18-11-10-3-6-16-17(10)8-7-15-11/h3,6-9H,1-2,4-5H2. The average Bonchev–Trinajstić information content (AvgIpc) is 2.81. The summed E-state index contributed by atoms with van der Waals surface area (Å²) in [4.78, 5) is 4.14. The number of aromatic nitrogens is 3. The summed E-state index contributed by atoms with van der Waals surface area (Å²) in [5, 5.41) is 4.07. The van der Waals surface area contributed by atoms with Gasteiger partial charge in [0.15, 0.2) is 0 Å². The van der Waals surface area contributed by atoms with Crippen molar-refractivity contribution in [3.63, 3.8) is 0 Å². The summed E-state index contributed by atoms with van der Waals surface area (Å²) in [6.07, 6.45) is 5.29. The van der Waals surface area contributed by atoms with Gasteiger partial charge >= 0.3 is 0 Å². The Balaban J connectivity index is 1.75. The van der Waals surface area contributed by atoms with Crippen molar-refractivity contribution in [3.05, 3.63) is 24.7 Å². The number of rotatable bonds is 2. The van der Waals surface area contributed by atoms with Crippen LogP contribution in [0.25, 0.3) is 5.52 Å². The van der Waals surface area contributed by atoms with Gasteiger partial charge in [0.25, 0.3) is 0 Å². The molecule has 18 heavy (non-hydrogen) atoms. The van der Waals surface area contributed by atoms with Crippen LogP contribution < -0.4 is 4.74 Å². The molecule has 0 aromatic carbocycles. The Morgan fingerprint density at radius 2 is 2.06 bits per heavy atom. The first kappa shape index (κ1) is 11.4. The van der Waals surface area contributed by atoms with Crippen molar-refractivity contribution < 1.29 is 13.5 Å². The maximum Gasteiger partial charge on any atom is 0.248 e. The molecule has 0 atom stereocenters. The van der Waals surface area contributed by atoms with Gasteiger partial charge in [-0.05, 0) is 18.9 Å². The lowest BCUT2D eigenvalue weighted by Gasteiger charge is -2.28. The SMILES string of the molecule is FC1(F)CCC(Oc2nccn3nccc23)CC1. The summed E-state index contributed by atoms with van der Waals surface area (Å²) in [5.41, 5.74) is 0.759. The normalized spacial score (nSPS) is 20.1. The number of alkyl halides is 2. The first-order chi connectivity index (χ1) is 8.64. The number of nitrogens with zero attached hydrogens (tertiary/aromatic N) is 3. The summed E-state index contributed by atoms with van der Waals surface area (Å²) >= 11 is 0. The average molecular weight is 253 g/mol. The molecule has 2 heterocycles. The van der Waals surface area contributed by atoms with Crippen molar-refractivity contribution in [3.8, 4) is 5.88 Å². The lowest BCUT2D eigenvalue weighted by molar-refractivity contribution is -0.0586. The summed E-state index contributed by atoms with van der Waals surface area (Å²) in [6.45, 7) is 0. The fourth-order valence-corrected chi connectivity index (χ4v) is 2.21. The quantitative estimate of drug-likeness (QED) is 0.826. The van der Waals surface area contributed by atoms with E-state index in [1.807, 2.05) is 0 Å².